The van der Waals surface area contributed by atoms with Crippen molar-refractivity contribution in [2.45, 2.75) is 6.54 Å². The number of rotatable bonds is 7. The summed E-state index contributed by atoms with van der Waals surface area (Å²) in [7, 11) is 1.64. The molecular weight excluding hydrogens is 459 g/mol. The monoisotopic (exact) mass is 478 g/mol. The summed E-state index contributed by atoms with van der Waals surface area (Å²) < 4.78 is 6.78. The van der Waals surface area contributed by atoms with Crippen molar-refractivity contribution in [3.05, 3.63) is 94.4 Å². The zero-order chi connectivity index (χ0) is 23.4. The maximum absolute atomic E-state index is 11.3. The lowest BCUT2D eigenvalue weighted by Crippen LogP contribution is -2.09. The quantitative estimate of drug-likeness (QED) is 0.317. The van der Waals surface area contributed by atoms with Crippen LogP contribution < -0.4 is 4.74 Å². The number of hydrogen-bond donors (Lipinski definition) is 1. The molecule has 0 aliphatic heterocycles. The van der Waals surface area contributed by atoms with E-state index in [-0.39, 0.29) is 6.54 Å². The fourth-order valence-corrected chi connectivity index (χ4v) is 3.91. The van der Waals surface area contributed by atoms with E-state index in [1.54, 1.807) is 42.1 Å². The van der Waals surface area contributed by atoms with Gasteiger partial charge in [0.15, 0.2) is 0 Å². The lowest BCUT2D eigenvalue weighted by molar-refractivity contribution is -0.137. The molecule has 0 aliphatic carbocycles. The summed E-state index contributed by atoms with van der Waals surface area (Å²) in [6.07, 6.45) is 5.36. The largest absolute Gasteiger partial charge is 0.497 e. The summed E-state index contributed by atoms with van der Waals surface area (Å²) in [6, 6.07) is 21.1. The van der Waals surface area contributed by atoms with Crippen molar-refractivity contribution in [3.63, 3.8) is 0 Å². The van der Waals surface area contributed by atoms with Gasteiger partial charge in [-0.25, -0.2) is 4.98 Å². The van der Waals surface area contributed by atoms with Crippen molar-refractivity contribution in [1.29, 1.82) is 0 Å². The van der Waals surface area contributed by atoms with Crippen LogP contribution in [0.1, 0.15) is 11.4 Å². The zero-order valence-corrected chi connectivity index (χ0v) is 19.2. The minimum atomic E-state index is -0.959. The third kappa shape index (κ3) is 5.45. The van der Waals surface area contributed by atoms with Gasteiger partial charge in [-0.1, -0.05) is 65.7 Å². The van der Waals surface area contributed by atoms with Crippen LogP contribution in [0.2, 0.25) is 10.0 Å². The molecule has 0 fully saturated rings. The predicted octanol–water partition coefficient (Wildman–Crippen LogP) is 6.79. The minimum Gasteiger partial charge on any atom is -0.497 e. The number of aromatic nitrogens is 2. The van der Waals surface area contributed by atoms with E-state index < -0.39 is 5.97 Å². The highest BCUT2D eigenvalue weighted by Crippen LogP contribution is 2.30. The molecule has 1 N–H and O–H groups in total. The summed E-state index contributed by atoms with van der Waals surface area (Å²) >= 11 is 12.3. The summed E-state index contributed by atoms with van der Waals surface area (Å²) in [5.41, 5.74) is 4.40. The van der Waals surface area contributed by atoms with Gasteiger partial charge in [-0.2, -0.15) is 0 Å². The number of aliphatic carboxylic acids is 1. The Hall–Kier alpha value is -3.54. The fraction of sp³-hybridized carbons (Fsp3) is 0.0769. The van der Waals surface area contributed by atoms with Gasteiger partial charge in [-0.3, -0.25) is 4.79 Å². The summed E-state index contributed by atoms with van der Waals surface area (Å²) in [4.78, 5) is 15.9. The van der Waals surface area contributed by atoms with E-state index in [4.69, 9.17) is 27.9 Å². The number of hydrogen-bond acceptors (Lipinski definition) is 3. The molecule has 0 spiro atoms. The van der Waals surface area contributed by atoms with E-state index in [0.717, 1.165) is 22.4 Å². The van der Waals surface area contributed by atoms with Gasteiger partial charge >= 0.3 is 5.97 Å². The second kappa shape index (κ2) is 9.94. The van der Waals surface area contributed by atoms with Gasteiger partial charge < -0.3 is 14.4 Å². The van der Waals surface area contributed by atoms with Crippen LogP contribution in [-0.4, -0.2) is 27.7 Å². The number of carbonyl (C=O) groups is 1. The molecule has 0 amide bonds. The molecule has 3 aromatic carbocycles. The van der Waals surface area contributed by atoms with Gasteiger partial charge in [0.1, 0.15) is 18.1 Å². The van der Waals surface area contributed by atoms with Crippen molar-refractivity contribution in [2.24, 2.45) is 0 Å². The Bertz CT molecular complexity index is 1310. The number of ether oxygens (including phenoxy) is 1. The van der Waals surface area contributed by atoms with E-state index in [0.29, 0.717) is 27.1 Å². The molecule has 7 heteroatoms. The lowest BCUT2D eigenvalue weighted by Gasteiger charge is -2.04. The minimum absolute atomic E-state index is 0.214. The van der Waals surface area contributed by atoms with E-state index >= 15 is 0 Å². The maximum atomic E-state index is 11.3. The number of carboxylic acid groups (broad SMARTS) is 1. The number of benzene rings is 3. The van der Waals surface area contributed by atoms with Crippen LogP contribution in [-0.2, 0) is 11.3 Å². The topological polar surface area (TPSA) is 64.4 Å². The lowest BCUT2D eigenvalue weighted by atomic mass is 10.0. The average Bonchev–Trinajstić information content (AvgIpc) is 3.19. The molecule has 1 heterocycles. The second-order valence-electron chi connectivity index (χ2n) is 7.31. The standard InChI is InChI=1S/C26H20Cl2N2O3/c1-33-21-10-7-19(8-11-21)18-5-2-17(3-6-18)4-13-25-29-24(15-30(25)16-26(31)32)22-12-9-20(27)14-23(22)28/h2-15H,16H2,1H3,(H,31,32)/b13-4+. The smallest absolute Gasteiger partial charge is 0.323 e. The van der Waals surface area contributed by atoms with Gasteiger partial charge in [0, 0.05) is 16.8 Å². The molecule has 0 saturated carbocycles. The Morgan fingerprint density at radius 2 is 1.67 bits per heavy atom. The Morgan fingerprint density at radius 1 is 1.00 bits per heavy atom. The van der Waals surface area contributed by atoms with Crippen molar-refractivity contribution in [1.82, 2.24) is 9.55 Å². The molecule has 4 aromatic rings. The molecule has 1 aromatic heterocycles. The molecule has 0 aliphatic rings. The van der Waals surface area contributed by atoms with E-state index in [9.17, 15) is 9.90 Å². The van der Waals surface area contributed by atoms with Crippen LogP contribution in [0.25, 0.3) is 34.5 Å². The van der Waals surface area contributed by atoms with Crippen LogP contribution in [0.3, 0.4) is 0 Å². The van der Waals surface area contributed by atoms with Crippen LogP contribution in [0.15, 0.2) is 72.9 Å². The molecule has 0 radical (unpaired) electrons. The van der Waals surface area contributed by atoms with Crippen LogP contribution in [0.5, 0.6) is 5.75 Å². The van der Waals surface area contributed by atoms with Crippen LogP contribution >= 0.6 is 23.2 Å². The molecule has 0 saturated heterocycles. The van der Waals surface area contributed by atoms with Gasteiger partial charge in [0.05, 0.1) is 17.8 Å². The van der Waals surface area contributed by atoms with Gasteiger partial charge in [-0.15, -0.1) is 0 Å². The molecule has 33 heavy (non-hydrogen) atoms. The average molecular weight is 479 g/mol. The molecule has 4 rings (SSSR count). The second-order valence-corrected chi connectivity index (χ2v) is 8.16. The number of halogens is 2. The summed E-state index contributed by atoms with van der Waals surface area (Å²) in [5, 5.41) is 10.3. The molecule has 0 atom stereocenters. The normalized spacial score (nSPS) is 11.1. The van der Waals surface area contributed by atoms with Crippen LogP contribution in [0.4, 0.5) is 0 Å². The molecule has 0 unspecified atom stereocenters. The van der Waals surface area contributed by atoms with Crippen molar-refractivity contribution < 1.29 is 14.6 Å². The molecular formula is C26H20Cl2N2O3. The number of methoxy groups -OCH3 is 1. The Balaban J connectivity index is 1.59. The van der Waals surface area contributed by atoms with E-state index in [1.165, 1.54) is 0 Å². The first kappa shape index (κ1) is 22.6. The highest BCUT2D eigenvalue weighted by atomic mass is 35.5. The summed E-state index contributed by atoms with van der Waals surface area (Å²) in [5.74, 6) is 0.367. The van der Waals surface area contributed by atoms with Gasteiger partial charge in [0.25, 0.3) is 0 Å². The first-order chi connectivity index (χ1) is 15.9. The SMILES string of the molecule is COc1ccc(-c2ccc(/C=C/c3nc(-c4ccc(Cl)cc4Cl)cn3CC(=O)O)cc2)cc1. The highest BCUT2D eigenvalue weighted by molar-refractivity contribution is 6.36. The zero-order valence-electron chi connectivity index (χ0n) is 17.7. The Labute approximate surface area is 201 Å². The molecule has 0 bridgehead atoms. The Morgan fingerprint density at radius 3 is 2.27 bits per heavy atom. The highest BCUT2D eigenvalue weighted by Gasteiger charge is 2.13. The van der Waals surface area contributed by atoms with Crippen molar-refractivity contribution >= 4 is 41.3 Å². The number of nitrogens with zero attached hydrogens (tertiary/aromatic N) is 2. The van der Waals surface area contributed by atoms with Gasteiger partial charge in [-0.05, 0) is 53.1 Å². The first-order valence-electron chi connectivity index (χ1n) is 10.1. The van der Waals surface area contributed by atoms with E-state index in [2.05, 4.69) is 4.98 Å². The van der Waals surface area contributed by atoms with Crippen LogP contribution in [0, 0.1) is 0 Å². The number of imidazole rings is 1. The van der Waals surface area contributed by atoms with E-state index in [1.807, 2.05) is 54.6 Å². The molecule has 5 nitrogen and oxygen atoms in total. The third-order valence-electron chi connectivity index (χ3n) is 5.08. The van der Waals surface area contributed by atoms with Gasteiger partial charge in [0.2, 0.25) is 0 Å². The summed E-state index contributed by atoms with van der Waals surface area (Å²) in [6.45, 7) is -0.214. The Kier molecular flexibility index (Phi) is 6.82. The third-order valence-corrected chi connectivity index (χ3v) is 5.63. The number of carboxylic acids is 1. The van der Waals surface area contributed by atoms with Crippen molar-refractivity contribution in [2.75, 3.05) is 7.11 Å². The molecule has 166 valence electrons. The fourth-order valence-electron chi connectivity index (χ4n) is 3.40. The van der Waals surface area contributed by atoms with Crippen molar-refractivity contribution in [3.8, 4) is 28.1 Å². The predicted molar refractivity (Wildman–Crippen MR) is 133 cm³/mol. The first-order valence-corrected chi connectivity index (χ1v) is 10.9. The maximum Gasteiger partial charge on any atom is 0.323 e.